The molecule has 7 nitrogen and oxygen atoms in total. The summed E-state index contributed by atoms with van der Waals surface area (Å²) >= 11 is 0. The first-order valence-corrected chi connectivity index (χ1v) is 10.0. The lowest BCUT2D eigenvalue weighted by molar-refractivity contribution is 0.0978. The van der Waals surface area contributed by atoms with Crippen molar-refractivity contribution < 1.29 is 22.6 Å². The van der Waals surface area contributed by atoms with Gasteiger partial charge in [-0.1, -0.05) is 44.0 Å². The highest BCUT2D eigenvalue weighted by Crippen LogP contribution is 2.41. The predicted molar refractivity (Wildman–Crippen MR) is 102 cm³/mol. The smallest absolute Gasteiger partial charge is 0.298 e. The van der Waals surface area contributed by atoms with Crippen molar-refractivity contribution >= 4 is 33.1 Å². The summed E-state index contributed by atoms with van der Waals surface area (Å²) in [5.74, 6) is -0.980. The van der Waals surface area contributed by atoms with E-state index in [4.69, 9.17) is 11.5 Å². The molecule has 0 saturated carbocycles. The van der Waals surface area contributed by atoms with E-state index in [0.29, 0.717) is 12.8 Å². The molecular formula is C19H20N2O5S. The molecule has 142 valence electrons. The summed E-state index contributed by atoms with van der Waals surface area (Å²) in [4.78, 5) is 25.4. The largest absolute Gasteiger partial charge is 0.397 e. The molecule has 0 bridgehead atoms. The van der Waals surface area contributed by atoms with Crippen molar-refractivity contribution in [1.82, 2.24) is 0 Å². The van der Waals surface area contributed by atoms with Gasteiger partial charge >= 0.3 is 0 Å². The summed E-state index contributed by atoms with van der Waals surface area (Å²) in [7, 11) is -4.78. The number of rotatable bonds is 5. The van der Waals surface area contributed by atoms with Crippen LogP contribution in [0.25, 0.3) is 0 Å². The molecule has 0 aromatic heterocycles. The number of ketones is 2. The molecule has 0 saturated heterocycles. The molecule has 0 heterocycles. The lowest BCUT2D eigenvalue weighted by Gasteiger charge is -2.25. The van der Waals surface area contributed by atoms with Crippen LogP contribution in [0.15, 0.2) is 29.2 Å². The summed E-state index contributed by atoms with van der Waals surface area (Å²) in [5, 5.41) is 0. The zero-order chi connectivity index (χ0) is 19.9. The minimum atomic E-state index is -4.78. The van der Waals surface area contributed by atoms with Crippen LogP contribution in [0.2, 0.25) is 0 Å². The Morgan fingerprint density at radius 1 is 0.926 bits per heavy atom. The number of carbonyl (C=O) groups is 2. The standard InChI is InChI=1S/C19H20N2O5S/c1-2-3-4-9-12-13-14(16(21)19(15(12)20)27(24,25)26)18(23)11-8-6-5-7-10(11)17(13)22/h5-8H,2-4,9,20-21H2,1H3,(H,24,25,26). The summed E-state index contributed by atoms with van der Waals surface area (Å²) in [6.45, 7) is 2.00. The minimum absolute atomic E-state index is 0.0391. The summed E-state index contributed by atoms with van der Waals surface area (Å²) in [6.07, 6.45) is 2.67. The quantitative estimate of drug-likeness (QED) is 0.346. The van der Waals surface area contributed by atoms with Crippen LogP contribution in [-0.4, -0.2) is 24.5 Å². The molecular weight excluding hydrogens is 368 g/mol. The molecule has 0 atom stereocenters. The molecule has 0 radical (unpaired) electrons. The van der Waals surface area contributed by atoms with Crippen molar-refractivity contribution in [3.05, 3.63) is 52.1 Å². The van der Waals surface area contributed by atoms with Gasteiger partial charge in [0.1, 0.15) is 4.90 Å². The van der Waals surface area contributed by atoms with Crippen LogP contribution in [0.5, 0.6) is 0 Å². The fourth-order valence-electron chi connectivity index (χ4n) is 3.54. The summed E-state index contributed by atoms with van der Waals surface area (Å²) in [5.41, 5.74) is 11.6. The van der Waals surface area contributed by atoms with Crippen molar-refractivity contribution in [1.29, 1.82) is 0 Å². The molecule has 3 rings (SSSR count). The first-order valence-electron chi connectivity index (χ1n) is 8.59. The van der Waals surface area contributed by atoms with Gasteiger partial charge in [0.15, 0.2) is 11.6 Å². The fourth-order valence-corrected chi connectivity index (χ4v) is 4.32. The number of fused-ring (bicyclic) bond motifs is 2. The highest BCUT2D eigenvalue weighted by molar-refractivity contribution is 7.86. The van der Waals surface area contributed by atoms with Gasteiger partial charge in [0.25, 0.3) is 10.1 Å². The van der Waals surface area contributed by atoms with Gasteiger partial charge < -0.3 is 11.5 Å². The Hall–Kier alpha value is -2.71. The molecule has 0 amide bonds. The van der Waals surface area contributed by atoms with Gasteiger partial charge in [0.2, 0.25) is 0 Å². The molecule has 0 aliphatic heterocycles. The van der Waals surface area contributed by atoms with Gasteiger partial charge in [0.05, 0.1) is 16.9 Å². The van der Waals surface area contributed by atoms with Crippen LogP contribution in [-0.2, 0) is 16.5 Å². The van der Waals surface area contributed by atoms with Crippen LogP contribution in [0, 0.1) is 0 Å². The van der Waals surface area contributed by atoms with Crippen molar-refractivity contribution in [3.8, 4) is 0 Å². The Morgan fingerprint density at radius 3 is 2.00 bits per heavy atom. The molecule has 5 N–H and O–H groups in total. The molecule has 0 unspecified atom stereocenters. The van der Waals surface area contributed by atoms with Crippen molar-refractivity contribution in [2.24, 2.45) is 0 Å². The van der Waals surface area contributed by atoms with Gasteiger partial charge in [-0.15, -0.1) is 0 Å². The SMILES string of the molecule is CCCCCc1c(N)c(S(=O)(=O)O)c(N)c2c1C(=O)c1ccccc1C2=O. The fraction of sp³-hybridized carbons (Fsp3) is 0.263. The molecule has 0 spiro atoms. The first-order chi connectivity index (χ1) is 12.7. The Balaban J connectivity index is 2.39. The van der Waals surface area contributed by atoms with Gasteiger partial charge in [0, 0.05) is 16.7 Å². The highest BCUT2D eigenvalue weighted by atomic mass is 32.2. The molecule has 8 heteroatoms. The van der Waals surface area contributed by atoms with Gasteiger partial charge in [-0.05, 0) is 18.4 Å². The van der Waals surface area contributed by atoms with E-state index in [1.165, 1.54) is 12.1 Å². The average Bonchev–Trinajstić information content (AvgIpc) is 2.60. The lowest BCUT2D eigenvalue weighted by atomic mass is 9.79. The zero-order valence-corrected chi connectivity index (χ0v) is 15.6. The summed E-state index contributed by atoms with van der Waals surface area (Å²) in [6, 6.07) is 6.27. The van der Waals surface area contributed by atoms with E-state index in [0.717, 1.165) is 12.8 Å². The second-order valence-electron chi connectivity index (χ2n) is 6.52. The lowest BCUT2D eigenvalue weighted by Crippen LogP contribution is -2.27. The van der Waals surface area contributed by atoms with E-state index >= 15 is 0 Å². The monoisotopic (exact) mass is 388 g/mol. The van der Waals surface area contributed by atoms with E-state index in [2.05, 4.69) is 0 Å². The number of hydrogen-bond donors (Lipinski definition) is 3. The Kier molecular flexibility index (Phi) is 4.79. The summed E-state index contributed by atoms with van der Waals surface area (Å²) < 4.78 is 33.4. The van der Waals surface area contributed by atoms with E-state index in [9.17, 15) is 22.6 Å². The highest BCUT2D eigenvalue weighted by Gasteiger charge is 2.38. The normalized spacial score (nSPS) is 13.4. The van der Waals surface area contributed by atoms with Crippen LogP contribution in [0.3, 0.4) is 0 Å². The molecule has 2 aromatic rings. The van der Waals surface area contributed by atoms with Crippen LogP contribution < -0.4 is 11.5 Å². The molecule has 27 heavy (non-hydrogen) atoms. The van der Waals surface area contributed by atoms with Crippen molar-refractivity contribution in [2.45, 2.75) is 37.5 Å². The molecule has 2 aromatic carbocycles. The van der Waals surface area contributed by atoms with E-state index in [-0.39, 0.29) is 33.5 Å². The third kappa shape index (κ3) is 3.00. The number of benzene rings is 2. The maximum absolute atomic E-state index is 13.1. The Bertz CT molecular complexity index is 1070. The van der Waals surface area contributed by atoms with Crippen LogP contribution in [0.4, 0.5) is 11.4 Å². The number of anilines is 2. The van der Waals surface area contributed by atoms with Gasteiger partial charge in [-0.3, -0.25) is 14.1 Å². The molecule has 1 aliphatic carbocycles. The minimum Gasteiger partial charge on any atom is -0.397 e. The maximum Gasteiger partial charge on any atom is 0.298 e. The number of hydrogen-bond acceptors (Lipinski definition) is 6. The topological polar surface area (TPSA) is 141 Å². The van der Waals surface area contributed by atoms with Crippen LogP contribution in [0.1, 0.15) is 63.6 Å². The first kappa shape index (κ1) is 19.1. The molecule has 0 fully saturated rings. The second-order valence-corrected chi connectivity index (χ2v) is 7.88. The Labute approximate surface area is 157 Å². The van der Waals surface area contributed by atoms with E-state index < -0.39 is 32.3 Å². The maximum atomic E-state index is 13.1. The zero-order valence-electron chi connectivity index (χ0n) is 14.8. The van der Waals surface area contributed by atoms with Crippen LogP contribution >= 0.6 is 0 Å². The van der Waals surface area contributed by atoms with Crippen molar-refractivity contribution in [3.63, 3.8) is 0 Å². The van der Waals surface area contributed by atoms with Crippen molar-refractivity contribution in [2.75, 3.05) is 11.5 Å². The number of nitrogens with two attached hydrogens (primary N) is 2. The van der Waals surface area contributed by atoms with Gasteiger partial charge in [-0.2, -0.15) is 8.42 Å². The van der Waals surface area contributed by atoms with Gasteiger partial charge in [-0.25, -0.2) is 0 Å². The predicted octanol–water partition coefficient (Wildman–Crippen LogP) is 2.61. The van der Waals surface area contributed by atoms with E-state index in [1.54, 1.807) is 12.1 Å². The van der Waals surface area contributed by atoms with E-state index in [1.807, 2.05) is 6.92 Å². The number of nitrogen functional groups attached to an aromatic ring is 2. The Morgan fingerprint density at radius 2 is 1.48 bits per heavy atom. The second kappa shape index (κ2) is 6.79. The number of unbranched alkanes of at least 4 members (excludes halogenated alkanes) is 2. The third-order valence-corrected chi connectivity index (χ3v) is 5.75. The molecule has 1 aliphatic rings. The third-order valence-electron chi connectivity index (χ3n) is 4.79. The average molecular weight is 388 g/mol. The number of carbonyl (C=O) groups excluding carboxylic acids is 2.